The Labute approximate surface area is 58.8 Å². The molecule has 8 heavy (non-hydrogen) atoms. The molecule has 1 aliphatic rings. The summed E-state index contributed by atoms with van der Waals surface area (Å²) in [5.74, 6) is 0. The van der Waals surface area contributed by atoms with Gasteiger partial charge in [0.15, 0.2) is 0 Å². The van der Waals surface area contributed by atoms with E-state index < -0.39 is 0 Å². The second kappa shape index (κ2) is 2.23. The maximum Gasteiger partial charge on any atom is 0.220 e. The Bertz CT molecular complexity index is 101. The lowest BCUT2D eigenvalue weighted by molar-refractivity contribution is 0.235. The first-order chi connectivity index (χ1) is 3.70. The summed E-state index contributed by atoms with van der Waals surface area (Å²) in [5.41, 5.74) is 0. The molecule has 0 aromatic heterocycles. The molecule has 0 bridgehead atoms. The molecular formula is C5H8OS2. The molecule has 1 fully saturated rings. The minimum Gasteiger partial charge on any atom is -0.474 e. The smallest absolute Gasteiger partial charge is 0.220 e. The normalized spacial score (nSPS) is 37.5. The first kappa shape index (κ1) is 6.36. The largest absolute Gasteiger partial charge is 0.474 e. The van der Waals surface area contributed by atoms with E-state index in [-0.39, 0.29) is 0 Å². The monoisotopic (exact) mass is 148 g/mol. The van der Waals surface area contributed by atoms with Gasteiger partial charge in [-0.25, -0.2) is 0 Å². The maximum absolute atomic E-state index is 5.17. The molecule has 0 spiro atoms. The number of hydrogen-bond donors (Lipinski definition) is 0. The third-order valence-corrected chi connectivity index (χ3v) is 2.65. The summed E-state index contributed by atoms with van der Waals surface area (Å²) < 4.78 is 5.87. The van der Waals surface area contributed by atoms with E-state index in [1.165, 1.54) is 0 Å². The lowest BCUT2D eigenvalue weighted by Crippen LogP contribution is -2.10. The van der Waals surface area contributed by atoms with Gasteiger partial charge in [0.25, 0.3) is 0 Å². The topological polar surface area (TPSA) is 9.23 Å². The van der Waals surface area contributed by atoms with Crippen LogP contribution >= 0.6 is 24.0 Å². The SMILES string of the molecule is CC1OC(=S)SC1C. The van der Waals surface area contributed by atoms with Crippen molar-refractivity contribution in [3.63, 3.8) is 0 Å². The van der Waals surface area contributed by atoms with Crippen LogP contribution in [-0.2, 0) is 4.74 Å². The lowest BCUT2D eigenvalue weighted by atomic mass is 10.3. The molecule has 1 heterocycles. The van der Waals surface area contributed by atoms with Crippen LogP contribution in [0, 0.1) is 0 Å². The molecule has 0 amide bonds. The number of thioether (sulfide) groups is 1. The zero-order chi connectivity index (χ0) is 6.15. The zero-order valence-corrected chi connectivity index (χ0v) is 6.51. The minimum atomic E-state index is 0.312. The second-order valence-electron chi connectivity index (χ2n) is 1.90. The summed E-state index contributed by atoms with van der Waals surface area (Å²) >= 11 is 6.45. The zero-order valence-electron chi connectivity index (χ0n) is 4.88. The van der Waals surface area contributed by atoms with Crippen LogP contribution in [0.4, 0.5) is 0 Å². The van der Waals surface area contributed by atoms with Gasteiger partial charge in [0.1, 0.15) is 6.10 Å². The van der Waals surface area contributed by atoms with Gasteiger partial charge >= 0.3 is 0 Å². The Kier molecular flexibility index (Phi) is 1.77. The van der Waals surface area contributed by atoms with Crippen LogP contribution in [0.5, 0.6) is 0 Å². The Balaban J connectivity index is 2.51. The first-order valence-electron chi connectivity index (χ1n) is 2.57. The summed E-state index contributed by atoms with van der Waals surface area (Å²) in [6, 6.07) is 0. The Hall–Kier alpha value is 0.240. The van der Waals surface area contributed by atoms with Gasteiger partial charge in [-0.15, -0.1) is 0 Å². The highest BCUT2D eigenvalue weighted by molar-refractivity contribution is 8.23. The molecule has 1 aliphatic heterocycles. The van der Waals surface area contributed by atoms with Crippen molar-refractivity contribution in [1.29, 1.82) is 0 Å². The van der Waals surface area contributed by atoms with E-state index in [4.69, 9.17) is 17.0 Å². The van der Waals surface area contributed by atoms with Gasteiger partial charge < -0.3 is 4.74 Å². The van der Waals surface area contributed by atoms with Crippen molar-refractivity contribution >= 4 is 28.4 Å². The minimum absolute atomic E-state index is 0.312. The fraction of sp³-hybridized carbons (Fsp3) is 0.800. The highest BCUT2D eigenvalue weighted by atomic mass is 32.2. The molecule has 46 valence electrons. The molecule has 1 nitrogen and oxygen atoms in total. The molecule has 0 aromatic carbocycles. The predicted molar refractivity (Wildman–Crippen MR) is 40.2 cm³/mol. The van der Waals surface area contributed by atoms with Crippen LogP contribution in [0.1, 0.15) is 13.8 Å². The van der Waals surface area contributed by atoms with Crippen molar-refractivity contribution in [1.82, 2.24) is 0 Å². The van der Waals surface area contributed by atoms with Gasteiger partial charge in [-0.05, 0) is 26.1 Å². The molecule has 2 atom stereocenters. The van der Waals surface area contributed by atoms with E-state index in [1.54, 1.807) is 11.8 Å². The standard InChI is InChI=1S/C5H8OS2/c1-3-4(2)8-5(7)6-3/h3-4H,1-2H3. The van der Waals surface area contributed by atoms with E-state index >= 15 is 0 Å². The fourth-order valence-corrected chi connectivity index (χ4v) is 1.89. The van der Waals surface area contributed by atoms with E-state index in [2.05, 4.69) is 6.92 Å². The number of hydrogen-bond acceptors (Lipinski definition) is 3. The van der Waals surface area contributed by atoms with Crippen LogP contribution in [0.15, 0.2) is 0 Å². The van der Waals surface area contributed by atoms with E-state index in [9.17, 15) is 0 Å². The van der Waals surface area contributed by atoms with Crippen molar-refractivity contribution in [2.24, 2.45) is 0 Å². The quantitative estimate of drug-likeness (QED) is 0.485. The number of ether oxygens (including phenoxy) is 1. The lowest BCUT2D eigenvalue weighted by Gasteiger charge is -2.02. The van der Waals surface area contributed by atoms with Crippen LogP contribution in [0.3, 0.4) is 0 Å². The van der Waals surface area contributed by atoms with Gasteiger partial charge in [-0.3, -0.25) is 0 Å². The van der Waals surface area contributed by atoms with E-state index in [0.717, 1.165) is 0 Å². The third kappa shape index (κ3) is 1.14. The highest BCUT2D eigenvalue weighted by Crippen LogP contribution is 2.27. The fourth-order valence-electron chi connectivity index (χ4n) is 0.523. The van der Waals surface area contributed by atoms with Crippen LogP contribution in [0.25, 0.3) is 0 Å². The number of thiocarbonyl (C=S) groups is 1. The summed E-state index contributed by atoms with van der Waals surface area (Å²) in [6.45, 7) is 4.16. The molecule has 0 aliphatic carbocycles. The van der Waals surface area contributed by atoms with Crippen molar-refractivity contribution < 1.29 is 4.74 Å². The Morgan fingerprint density at radius 3 is 2.38 bits per heavy atom. The molecule has 0 aromatic rings. The van der Waals surface area contributed by atoms with Crippen molar-refractivity contribution in [3.8, 4) is 0 Å². The average molecular weight is 148 g/mol. The van der Waals surface area contributed by atoms with E-state index in [1.807, 2.05) is 6.92 Å². The first-order valence-corrected chi connectivity index (χ1v) is 3.86. The molecule has 0 saturated carbocycles. The summed E-state index contributed by atoms with van der Waals surface area (Å²) in [4.78, 5) is 0. The highest BCUT2D eigenvalue weighted by Gasteiger charge is 2.24. The van der Waals surface area contributed by atoms with Gasteiger partial charge in [0.2, 0.25) is 4.38 Å². The molecule has 2 unspecified atom stereocenters. The Morgan fingerprint density at radius 1 is 1.62 bits per heavy atom. The van der Waals surface area contributed by atoms with Crippen LogP contribution in [-0.4, -0.2) is 15.7 Å². The summed E-state index contributed by atoms with van der Waals surface area (Å²) in [5, 5.41) is 0.544. The molecular weight excluding hydrogens is 140 g/mol. The van der Waals surface area contributed by atoms with Crippen LogP contribution < -0.4 is 0 Å². The number of rotatable bonds is 0. The summed E-state index contributed by atoms with van der Waals surface area (Å²) in [6.07, 6.45) is 0.312. The molecule has 3 heteroatoms. The van der Waals surface area contributed by atoms with E-state index in [0.29, 0.717) is 15.7 Å². The average Bonchev–Trinajstić information content (AvgIpc) is 1.85. The molecule has 1 saturated heterocycles. The van der Waals surface area contributed by atoms with Crippen molar-refractivity contribution in [2.45, 2.75) is 25.2 Å². The predicted octanol–water partition coefficient (Wildman–Crippen LogP) is 1.81. The second-order valence-corrected chi connectivity index (χ2v) is 3.88. The Morgan fingerprint density at radius 2 is 2.25 bits per heavy atom. The van der Waals surface area contributed by atoms with Gasteiger partial charge in [-0.2, -0.15) is 0 Å². The van der Waals surface area contributed by atoms with Crippen LogP contribution in [0.2, 0.25) is 0 Å². The molecule has 0 N–H and O–H groups in total. The molecule has 0 radical (unpaired) electrons. The van der Waals surface area contributed by atoms with Gasteiger partial charge in [-0.1, -0.05) is 11.8 Å². The maximum atomic E-state index is 5.17. The van der Waals surface area contributed by atoms with Gasteiger partial charge in [0, 0.05) is 5.25 Å². The summed E-state index contributed by atoms with van der Waals surface area (Å²) in [7, 11) is 0. The molecule has 1 rings (SSSR count). The third-order valence-electron chi connectivity index (χ3n) is 1.23. The van der Waals surface area contributed by atoms with Crippen molar-refractivity contribution in [2.75, 3.05) is 0 Å². The van der Waals surface area contributed by atoms with Gasteiger partial charge in [0.05, 0.1) is 0 Å². The van der Waals surface area contributed by atoms with Crippen molar-refractivity contribution in [3.05, 3.63) is 0 Å².